The molecular weight excluding hydrogens is 322 g/mol. The Bertz CT molecular complexity index is 987. The fourth-order valence-corrected chi connectivity index (χ4v) is 2.84. The van der Waals surface area contributed by atoms with Gasteiger partial charge in [0.25, 0.3) is 0 Å². The van der Waals surface area contributed by atoms with E-state index < -0.39 is 0 Å². The van der Waals surface area contributed by atoms with Crippen LogP contribution in [-0.2, 0) is 0 Å². The first kappa shape index (κ1) is 15.5. The first-order valence-electron chi connectivity index (χ1n) is 8.03. The number of rotatable bonds is 3. The Morgan fingerprint density at radius 2 is 1.92 bits per heavy atom. The summed E-state index contributed by atoms with van der Waals surface area (Å²) in [6, 6.07) is 9.71. The van der Waals surface area contributed by atoms with Crippen molar-refractivity contribution in [2.45, 2.75) is 13.0 Å². The number of aromatic amines is 1. The van der Waals surface area contributed by atoms with Gasteiger partial charge in [0.2, 0.25) is 0 Å². The first-order chi connectivity index (χ1) is 12.1. The van der Waals surface area contributed by atoms with E-state index in [0.29, 0.717) is 34.5 Å². The zero-order valence-corrected chi connectivity index (χ0v) is 13.6. The first-order valence-corrected chi connectivity index (χ1v) is 8.03. The van der Waals surface area contributed by atoms with E-state index in [4.69, 9.17) is 0 Å². The van der Waals surface area contributed by atoms with Gasteiger partial charge in [-0.2, -0.15) is 5.10 Å². The highest BCUT2D eigenvalue weighted by Crippen LogP contribution is 2.23. The molecule has 2 N–H and O–H groups in total. The van der Waals surface area contributed by atoms with E-state index in [1.165, 1.54) is 18.2 Å². The molecule has 2 heterocycles. The third-order valence-electron chi connectivity index (χ3n) is 4.14. The van der Waals surface area contributed by atoms with Gasteiger partial charge in [0.15, 0.2) is 0 Å². The number of fused-ring (bicyclic) bond motifs is 1. The molecule has 4 rings (SSSR count). The quantitative estimate of drug-likeness (QED) is 0.764. The topological polar surface area (TPSA) is 53.1 Å². The van der Waals surface area contributed by atoms with Gasteiger partial charge in [0.1, 0.15) is 23.0 Å². The summed E-state index contributed by atoms with van der Waals surface area (Å²) in [5.41, 5.74) is 2.51. The zero-order chi connectivity index (χ0) is 17.4. The van der Waals surface area contributed by atoms with Gasteiger partial charge < -0.3 is 5.32 Å². The molecule has 25 heavy (non-hydrogen) atoms. The van der Waals surface area contributed by atoms with Crippen LogP contribution in [0, 0.1) is 11.6 Å². The van der Waals surface area contributed by atoms with Crippen LogP contribution in [0.2, 0.25) is 0 Å². The van der Waals surface area contributed by atoms with E-state index in [1.54, 1.807) is 18.2 Å². The van der Waals surface area contributed by atoms with Crippen LogP contribution in [0.4, 0.5) is 8.78 Å². The van der Waals surface area contributed by atoms with Crippen molar-refractivity contribution in [3.05, 3.63) is 64.9 Å². The molecular formula is C19H16F2N4. The molecule has 2 aromatic carbocycles. The standard InChI is InChI=1S/C19H16F2N4/c1-11-10-22-19(23-11)13-8-15-17(24-25-18(15)16(21)9-13)7-4-12-2-5-14(20)6-3-12/h2-9,11H,10H2,1H3,(H,22,23)(H,24,25)/b7-4+. The summed E-state index contributed by atoms with van der Waals surface area (Å²) >= 11 is 0. The van der Waals surface area contributed by atoms with Crippen molar-refractivity contribution in [2.24, 2.45) is 4.99 Å². The number of halogens is 2. The van der Waals surface area contributed by atoms with Gasteiger partial charge in [-0.25, -0.2) is 8.78 Å². The lowest BCUT2D eigenvalue weighted by atomic mass is 10.1. The molecule has 1 unspecified atom stereocenters. The zero-order valence-electron chi connectivity index (χ0n) is 13.6. The Labute approximate surface area is 143 Å². The van der Waals surface area contributed by atoms with Crippen LogP contribution in [0.1, 0.15) is 23.7 Å². The number of aromatic nitrogens is 2. The van der Waals surface area contributed by atoms with Crippen molar-refractivity contribution >= 4 is 28.9 Å². The molecule has 1 atom stereocenters. The summed E-state index contributed by atoms with van der Waals surface area (Å²) in [7, 11) is 0. The molecule has 0 spiro atoms. The van der Waals surface area contributed by atoms with Gasteiger partial charge >= 0.3 is 0 Å². The number of hydrogen-bond donors (Lipinski definition) is 2. The molecule has 0 amide bonds. The molecule has 6 heteroatoms. The number of H-pyrrole nitrogens is 1. The lowest BCUT2D eigenvalue weighted by molar-refractivity contribution is 0.627. The van der Waals surface area contributed by atoms with Crippen LogP contribution < -0.4 is 5.32 Å². The largest absolute Gasteiger partial charge is 0.366 e. The molecule has 0 saturated heterocycles. The van der Waals surface area contributed by atoms with Crippen LogP contribution in [0.5, 0.6) is 0 Å². The normalized spacial score (nSPS) is 17.2. The number of hydrogen-bond acceptors (Lipinski definition) is 3. The van der Waals surface area contributed by atoms with Crippen molar-refractivity contribution in [3.8, 4) is 0 Å². The van der Waals surface area contributed by atoms with Gasteiger partial charge in [-0.15, -0.1) is 0 Å². The number of nitrogens with one attached hydrogen (secondary N) is 2. The van der Waals surface area contributed by atoms with E-state index in [-0.39, 0.29) is 17.7 Å². The highest BCUT2D eigenvalue weighted by atomic mass is 19.1. The number of nitrogens with zero attached hydrogens (tertiary/aromatic N) is 2. The molecule has 1 aliphatic rings. The van der Waals surface area contributed by atoms with Crippen LogP contribution in [0.3, 0.4) is 0 Å². The van der Waals surface area contributed by atoms with Gasteiger partial charge in [-0.05, 0) is 42.8 Å². The van der Waals surface area contributed by atoms with Crippen molar-refractivity contribution < 1.29 is 8.78 Å². The number of aliphatic imine (C=N–C) groups is 1. The van der Waals surface area contributed by atoms with E-state index in [0.717, 1.165) is 5.56 Å². The minimum absolute atomic E-state index is 0.246. The maximum atomic E-state index is 14.4. The minimum atomic E-state index is -0.370. The fourth-order valence-electron chi connectivity index (χ4n) is 2.84. The predicted molar refractivity (Wildman–Crippen MR) is 95.4 cm³/mol. The average molecular weight is 338 g/mol. The van der Waals surface area contributed by atoms with Crippen LogP contribution in [0.25, 0.3) is 23.1 Å². The van der Waals surface area contributed by atoms with Gasteiger partial charge in [-0.3, -0.25) is 10.1 Å². The number of amidine groups is 1. The second-order valence-corrected chi connectivity index (χ2v) is 6.11. The van der Waals surface area contributed by atoms with E-state index in [2.05, 4.69) is 20.5 Å². The third-order valence-corrected chi connectivity index (χ3v) is 4.14. The fraction of sp³-hybridized carbons (Fsp3) is 0.158. The molecule has 0 fully saturated rings. The average Bonchev–Trinajstić information content (AvgIpc) is 3.21. The summed E-state index contributed by atoms with van der Waals surface area (Å²) in [4.78, 5) is 4.41. The Kier molecular flexibility index (Phi) is 3.80. The van der Waals surface area contributed by atoms with Gasteiger partial charge in [0, 0.05) is 17.0 Å². The Morgan fingerprint density at radius 3 is 2.64 bits per heavy atom. The summed E-state index contributed by atoms with van der Waals surface area (Å²) in [5.74, 6) is 0.0431. The molecule has 0 bridgehead atoms. The minimum Gasteiger partial charge on any atom is -0.366 e. The monoisotopic (exact) mass is 338 g/mol. The molecule has 4 nitrogen and oxygen atoms in total. The highest BCUT2D eigenvalue weighted by Gasteiger charge is 2.17. The maximum absolute atomic E-state index is 14.4. The molecule has 126 valence electrons. The van der Waals surface area contributed by atoms with Crippen LogP contribution >= 0.6 is 0 Å². The van der Waals surface area contributed by atoms with E-state index in [9.17, 15) is 8.78 Å². The summed E-state index contributed by atoms with van der Waals surface area (Å²) in [5, 5.41) is 10.8. The van der Waals surface area contributed by atoms with E-state index >= 15 is 0 Å². The highest BCUT2D eigenvalue weighted by molar-refractivity contribution is 6.04. The van der Waals surface area contributed by atoms with Crippen LogP contribution in [-0.4, -0.2) is 28.6 Å². The molecule has 3 aromatic rings. The number of benzene rings is 2. The van der Waals surface area contributed by atoms with Gasteiger partial charge in [-0.1, -0.05) is 18.2 Å². The SMILES string of the molecule is CC1CN=C(c2cc(F)c3[nH]nc(/C=C/c4ccc(F)cc4)c3c2)N1. The summed E-state index contributed by atoms with van der Waals surface area (Å²) in [6.07, 6.45) is 3.59. The van der Waals surface area contributed by atoms with Crippen molar-refractivity contribution in [2.75, 3.05) is 6.54 Å². The molecule has 0 radical (unpaired) electrons. The van der Waals surface area contributed by atoms with Crippen molar-refractivity contribution in [1.82, 2.24) is 15.5 Å². The van der Waals surface area contributed by atoms with E-state index in [1.807, 2.05) is 19.1 Å². The molecule has 1 aromatic heterocycles. The second-order valence-electron chi connectivity index (χ2n) is 6.11. The summed E-state index contributed by atoms with van der Waals surface area (Å²) < 4.78 is 27.4. The molecule has 0 aliphatic carbocycles. The lowest BCUT2D eigenvalue weighted by Gasteiger charge is -2.06. The Balaban J connectivity index is 1.72. The Hall–Kier alpha value is -3.02. The maximum Gasteiger partial charge on any atom is 0.149 e. The Morgan fingerprint density at radius 1 is 1.12 bits per heavy atom. The van der Waals surface area contributed by atoms with Crippen LogP contribution in [0.15, 0.2) is 41.4 Å². The predicted octanol–water partition coefficient (Wildman–Crippen LogP) is 3.75. The van der Waals surface area contributed by atoms with Crippen molar-refractivity contribution in [3.63, 3.8) is 0 Å². The molecule has 1 aliphatic heterocycles. The smallest absolute Gasteiger partial charge is 0.149 e. The third kappa shape index (κ3) is 3.03. The summed E-state index contributed by atoms with van der Waals surface area (Å²) in [6.45, 7) is 2.71. The lowest BCUT2D eigenvalue weighted by Crippen LogP contribution is -2.27. The van der Waals surface area contributed by atoms with Crippen molar-refractivity contribution in [1.29, 1.82) is 0 Å². The second kappa shape index (κ2) is 6.12. The molecule has 0 saturated carbocycles. The van der Waals surface area contributed by atoms with Gasteiger partial charge in [0.05, 0.1) is 12.2 Å².